The van der Waals surface area contributed by atoms with E-state index in [1.165, 1.54) is 0 Å². The smallest absolute Gasteiger partial charge is 0.408 e. The maximum atomic E-state index is 12.2. The van der Waals surface area contributed by atoms with Crippen LogP contribution in [-0.4, -0.2) is 53.5 Å². The molecule has 0 N–H and O–H groups in total. The van der Waals surface area contributed by atoms with Gasteiger partial charge in [0.05, 0.1) is 5.52 Å². The van der Waals surface area contributed by atoms with Crippen LogP contribution in [0.1, 0.15) is 12.8 Å². The second-order valence-corrected chi connectivity index (χ2v) is 5.77. The van der Waals surface area contributed by atoms with Gasteiger partial charge in [0.15, 0.2) is 5.58 Å². The molecule has 0 spiro atoms. The minimum Gasteiger partial charge on any atom is -0.408 e. The van der Waals surface area contributed by atoms with Gasteiger partial charge in [-0.1, -0.05) is 12.1 Å². The summed E-state index contributed by atoms with van der Waals surface area (Å²) >= 11 is 0. The van der Waals surface area contributed by atoms with Gasteiger partial charge in [-0.05, 0) is 25.6 Å². The number of carbonyl (C=O) groups excluding carboxylic acids is 1. The lowest BCUT2D eigenvalue weighted by molar-refractivity contribution is -0.132. The molecule has 6 heteroatoms. The third-order valence-corrected chi connectivity index (χ3v) is 4.20. The van der Waals surface area contributed by atoms with Crippen molar-refractivity contribution in [2.24, 2.45) is 0 Å². The summed E-state index contributed by atoms with van der Waals surface area (Å²) in [4.78, 5) is 28.2. The Balaban J connectivity index is 1.57. The summed E-state index contributed by atoms with van der Waals surface area (Å²) in [6.07, 6.45) is 1.12. The number of hydrogen-bond donors (Lipinski definition) is 0. The molecule has 1 aliphatic heterocycles. The number of aryl methyl sites for hydroxylation is 1. The SMILES string of the molecule is CN1CCN(C(=O)CCCn2c(=O)oc3ccccc32)CC1. The van der Waals surface area contributed by atoms with Crippen LogP contribution in [0, 0.1) is 0 Å². The molecule has 0 atom stereocenters. The molecule has 118 valence electrons. The zero-order valence-electron chi connectivity index (χ0n) is 12.8. The molecule has 2 aromatic rings. The van der Waals surface area contributed by atoms with Crippen molar-refractivity contribution in [1.29, 1.82) is 0 Å². The molecular weight excluding hydrogens is 282 g/mol. The van der Waals surface area contributed by atoms with Gasteiger partial charge in [0.1, 0.15) is 0 Å². The second kappa shape index (κ2) is 6.36. The first-order chi connectivity index (χ1) is 10.6. The normalized spacial score (nSPS) is 16.3. The van der Waals surface area contributed by atoms with Gasteiger partial charge < -0.3 is 14.2 Å². The summed E-state index contributed by atoms with van der Waals surface area (Å²) in [6, 6.07) is 7.36. The first kappa shape index (κ1) is 14.8. The number of amides is 1. The monoisotopic (exact) mass is 303 g/mol. The molecule has 1 aliphatic rings. The van der Waals surface area contributed by atoms with Crippen LogP contribution in [0.2, 0.25) is 0 Å². The van der Waals surface area contributed by atoms with Crippen LogP contribution >= 0.6 is 0 Å². The molecule has 0 radical (unpaired) electrons. The van der Waals surface area contributed by atoms with Gasteiger partial charge in [0.25, 0.3) is 0 Å². The molecule has 1 aromatic heterocycles. The van der Waals surface area contributed by atoms with E-state index in [2.05, 4.69) is 11.9 Å². The van der Waals surface area contributed by atoms with Crippen molar-refractivity contribution in [3.05, 3.63) is 34.8 Å². The Labute approximate surface area is 128 Å². The van der Waals surface area contributed by atoms with Crippen LogP contribution in [0.4, 0.5) is 0 Å². The molecule has 1 amide bonds. The molecule has 1 fully saturated rings. The first-order valence-corrected chi connectivity index (χ1v) is 7.70. The van der Waals surface area contributed by atoms with Crippen molar-refractivity contribution in [3.8, 4) is 0 Å². The second-order valence-electron chi connectivity index (χ2n) is 5.77. The summed E-state index contributed by atoms with van der Waals surface area (Å²) in [5.74, 6) is -0.179. The van der Waals surface area contributed by atoms with Crippen LogP contribution in [0.25, 0.3) is 11.1 Å². The number of piperazine rings is 1. The number of benzene rings is 1. The highest BCUT2D eigenvalue weighted by Crippen LogP contribution is 2.13. The summed E-state index contributed by atoms with van der Waals surface area (Å²) in [6.45, 7) is 3.96. The van der Waals surface area contributed by atoms with E-state index in [9.17, 15) is 9.59 Å². The quantitative estimate of drug-likeness (QED) is 0.850. The number of aromatic nitrogens is 1. The molecule has 1 aromatic carbocycles. The Bertz CT molecular complexity index is 711. The number of nitrogens with zero attached hydrogens (tertiary/aromatic N) is 3. The Morgan fingerprint density at radius 1 is 1.18 bits per heavy atom. The maximum Gasteiger partial charge on any atom is 0.419 e. The summed E-state index contributed by atoms with van der Waals surface area (Å²) in [5, 5.41) is 0. The van der Waals surface area contributed by atoms with Crippen molar-refractivity contribution in [1.82, 2.24) is 14.4 Å². The molecule has 1 saturated heterocycles. The molecule has 0 saturated carbocycles. The highest BCUT2D eigenvalue weighted by Gasteiger charge is 2.18. The Hall–Kier alpha value is -2.08. The minimum atomic E-state index is -0.353. The third-order valence-electron chi connectivity index (χ3n) is 4.20. The van der Waals surface area contributed by atoms with Gasteiger partial charge in [0, 0.05) is 39.1 Å². The lowest BCUT2D eigenvalue weighted by Crippen LogP contribution is -2.47. The zero-order chi connectivity index (χ0) is 15.5. The predicted molar refractivity (Wildman–Crippen MR) is 83.8 cm³/mol. The van der Waals surface area contributed by atoms with E-state index in [0.29, 0.717) is 25.0 Å². The zero-order valence-corrected chi connectivity index (χ0v) is 12.8. The predicted octanol–water partition coefficient (Wildman–Crippen LogP) is 1.15. The summed E-state index contributed by atoms with van der Waals surface area (Å²) < 4.78 is 6.79. The standard InChI is InChI=1S/C16H21N3O3/c1-17-9-11-18(12-10-17)15(20)7-4-8-19-13-5-2-3-6-14(13)22-16(19)21/h2-3,5-6H,4,7-12H2,1H3. The van der Waals surface area contributed by atoms with Crippen LogP contribution in [0.3, 0.4) is 0 Å². The molecule has 6 nitrogen and oxygen atoms in total. The Morgan fingerprint density at radius 2 is 1.91 bits per heavy atom. The summed E-state index contributed by atoms with van der Waals surface area (Å²) in [5.41, 5.74) is 1.39. The number of rotatable bonds is 4. The number of para-hydroxylation sites is 2. The molecule has 2 heterocycles. The topological polar surface area (TPSA) is 58.7 Å². The molecule has 3 rings (SSSR count). The third kappa shape index (κ3) is 3.06. The van der Waals surface area contributed by atoms with E-state index in [1.807, 2.05) is 23.1 Å². The van der Waals surface area contributed by atoms with Crippen molar-refractivity contribution >= 4 is 17.0 Å². The largest absolute Gasteiger partial charge is 0.419 e. The molecule has 0 aliphatic carbocycles. The number of likely N-dealkylation sites (N-methyl/N-ethyl adjacent to an activating group) is 1. The van der Waals surface area contributed by atoms with Crippen molar-refractivity contribution in [2.45, 2.75) is 19.4 Å². The van der Waals surface area contributed by atoms with E-state index in [0.717, 1.165) is 31.7 Å². The fourth-order valence-corrected chi connectivity index (χ4v) is 2.83. The molecular formula is C16H21N3O3. The fourth-order valence-electron chi connectivity index (χ4n) is 2.83. The maximum absolute atomic E-state index is 12.2. The van der Waals surface area contributed by atoms with Gasteiger partial charge in [0.2, 0.25) is 5.91 Å². The van der Waals surface area contributed by atoms with Crippen LogP contribution in [0.5, 0.6) is 0 Å². The van der Waals surface area contributed by atoms with Crippen molar-refractivity contribution in [3.63, 3.8) is 0 Å². The van der Waals surface area contributed by atoms with Gasteiger partial charge in [-0.25, -0.2) is 4.79 Å². The molecule has 22 heavy (non-hydrogen) atoms. The highest BCUT2D eigenvalue weighted by molar-refractivity contribution is 5.76. The van der Waals surface area contributed by atoms with Gasteiger partial charge in [-0.2, -0.15) is 0 Å². The Morgan fingerprint density at radius 3 is 2.68 bits per heavy atom. The average Bonchev–Trinajstić information content (AvgIpc) is 2.84. The van der Waals surface area contributed by atoms with Gasteiger partial charge in [-0.3, -0.25) is 9.36 Å². The van der Waals surface area contributed by atoms with Crippen molar-refractivity contribution < 1.29 is 9.21 Å². The first-order valence-electron chi connectivity index (χ1n) is 7.70. The van der Waals surface area contributed by atoms with E-state index < -0.39 is 0 Å². The summed E-state index contributed by atoms with van der Waals surface area (Å²) in [7, 11) is 2.07. The van der Waals surface area contributed by atoms with E-state index in [4.69, 9.17) is 4.42 Å². The van der Waals surface area contributed by atoms with Gasteiger partial charge in [-0.15, -0.1) is 0 Å². The van der Waals surface area contributed by atoms with E-state index >= 15 is 0 Å². The van der Waals surface area contributed by atoms with E-state index in [1.54, 1.807) is 10.6 Å². The molecule has 0 unspecified atom stereocenters. The number of carbonyl (C=O) groups is 1. The number of hydrogen-bond acceptors (Lipinski definition) is 4. The van der Waals surface area contributed by atoms with Crippen LogP contribution in [0.15, 0.2) is 33.5 Å². The van der Waals surface area contributed by atoms with E-state index in [-0.39, 0.29) is 11.7 Å². The lowest BCUT2D eigenvalue weighted by Gasteiger charge is -2.32. The Kier molecular flexibility index (Phi) is 4.29. The number of fused-ring (bicyclic) bond motifs is 1. The minimum absolute atomic E-state index is 0.175. The molecule has 0 bridgehead atoms. The fraction of sp³-hybridized carbons (Fsp3) is 0.500. The number of oxazole rings is 1. The highest BCUT2D eigenvalue weighted by atomic mass is 16.4. The lowest BCUT2D eigenvalue weighted by atomic mass is 10.2. The van der Waals surface area contributed by atoms with Gasteiger partial charge >= 0.3 is 5.76 Å². The van der Waals surface area contributed by atoms with Crippen LogP contribution < -0.4 is 5.76 Å². The average molecular weight is 303 g/mol. The van der Waals surface area contributed by atoms with Crippen LogP contribution in [-0.2, 0) is 11.3 Å². The van der Waals surface area contributed by atoms with Crippen molar-refractivity contribution in [2.75, 3.05) is 33.2 Å².